The van der Waals surface area contributed by atoms with Gasteiger partial charge in [0.05, 0.1) is 6.54 Å². The van der Waals surface area contributed by atoms with Crippen molar-refractivity contribution < 1.29 is 23.5 Å². The third kappa shape index (κ3) is 2.55. The molecule has 0 saturated carbocycles. The molecule has 1 heterocycles. The van der Waals surface area contributed by atoms with Crippen LogP contribution in [0.4, 0.5) is 13.6 Å². The van der Waals surface area contributed by atoms with E-state index in [4.69, 9.17) is 0 Å². The lowest BCUT2D eigenvalue weighted by Crippen LogP contribution is -2.35. The quantitative estimate of drug-likeness (QED) is 0.830. The maximum Gasteiger partial charge on any atom is 0.327 e. The molecule has 0 unspecified atom stereocenters. The second kappa shape index (κ2) is 4.93. The first-order chi connectivity index (χ1) is 8.90. The number of halogens is 2. The molecule has 1 N–H and O–H groups in total. The summed E-state index contributed by atoms with van der Waals surface area (Å²) in [5.41, 5.74) is -0.282. The SMILES string of the molecule is CN1CC(=O)N(C[C@H](O)c2cc(F)ccc2F)C1=O. The molecule has 1 aromatic rings. The number of amides is 3. The molecule has 7 heteroatoms. The fourth-order valence-corrected chi connectivity index (χ4v) is 1.89. The van der Waals surface area contributed by atoms with E-state index < -0.39 is 36.2 Å². The fraction of sp³-hybridized carbons (Fsp3) is 0.333. The summed E-state index contributed by atoms with van der Waals surface area (Å²) >= 11 is 0. The Morgan fingerprint density at radius 1 is 1.37 bits per heavy atom. The molecule has 1 fully saturated rings. The lowest BCUT2D eigenvalue weighted by molar-refractivity contribution is -0.126. The van der Waals surface area contributed by atoms with Gasteiger partial charge in [0.1, 0.15) is 24.3 Å². The summed E-state index contributed by atoms with van der Waals surface area (Å²) in [5.74, 6) is -1.98. The van der Waals surface area contributed by atoms with Crippen LogP contribution in [0.3, 0.4) is 0 Å². The van der Waals surface area contributed by atoms with E-state index in [9.17, 15) is 23.5 Å². The van der Waals surface area contributed by atoms with E-state index in [2.05, 4.69) is 0 Å². The van der Waals surface area contributed by atoms with Crippen LogP contribution in [-0.4, -0.2) is 47.0 Å². The van der Waals surface area contributed by atoms with E-state index in [1.807, 2.05) is 0 Å². The molecule has 1 aromatic carbocycles. The number of hydrogen-bond acceptors (Lipinski definition) is 3. The second-order valence-corrected chi connectivity index (χ2v) is 4.32. The van der Waals surface area contributed by atoms with E-state index in [0.717, 1.165) is 23.1 Å². The van der Waals surface area contributed by atoms with Crippen molar-refractivity contribution >= 4 is 11.9 Å². The van der Waals surface area contributed by atoms with Crippen molar-refractivity contribution in [2.45, 2.75) is 6.10 Å². The van der Waals surface area contributed by atoms with Gasteiger partial charge in [-0.2, -0.15) is 0 Å². The lowest BCUT2D eigenvalue weighted by Gasteiger charge is -2.19. The van der Waals surface area contributed by atoms with Gasteiger partial charge in [-0.3, -0.25) is 9.69 Å². The number of imide groups is 1. The number of likely N-dealkylation sites (N-methyl/N-ethyl adjacent to an activating group) is 1. The van der Waals surface area contributed by atoms with Crippen LogP contribution in [0.15, 0.2) is 18.2 Å². The summed E-state index contributed by atoms with van der Waals surface area (Å²) in [6.45, 7) is -0.487. The van der Waals surface area contributed by atoms with E-state index >= 15 is 0 Å². The predicted octanol–water partition coefficient (Wildman–Crippen LogP) is 0.892. The highest BCUT2D eigenvalue weighted by Gasteiger charge is 2.35. The topological polar surface area (TPSA) is 60.9 Å². The molecule has 1 aliphatic rings. The van der Waals surface area contributed by atoms with Crippen molar-refractivity contribution in [2.24, 2.45) is 0 Å². The van der Waals surface area contributed by atoms with Gasteiger partial charge in [0.15, 0.2) is 0 Å². The molecule has 19 heavy (non-hydrogen) atoms. The third-order valence-corrected chi connectivity index (χ3v) is 2.90. The molecule has 5 nitrogen and oxygen atoms in total. The molecular formula is C12H12F2N2O3. The van der Waals surface area contributed by atoms with Crippen LogP contribution in [0.5, 0.6) is 0 Å². The minimum Gasteiger partial charge on any atom is -0.386 e. The summed E-state index contributed by atoms with van der Waals surface area (Å²) in [6.07, 6.45) is -1.46. The Morgan fingerprint density at radius 3 is 2.63 bits per heavy atom. The van der Waals surface area contributed by atoms with E-state index in [1.54, 1.807) is 0 Å². The third-order valence-electron chi connectivity index (χ3n) is 2.90. The molecule has 1 atom stereocenters. The van der Waals surface area contributed by atoms with Gasteiger partial charge in [0.2, 0.25) is 5.91 Å². The number of aliphatic hydroxyl groups excluding tert-OH is 1. The number of carbonyl (C=O) groups excluding carboxylic acids is 2. The molecule has 2 rings (SSSR count). The molecule has 1 saturated heterocycles. The normalized spacial score (nSPS) is 17.3. The average molecular weight is 270 g/mol. The van der Waals surface area contributed by atoms with Crippen LogP contribution in [-0.2, 0) is 4.79 Å². The molecule has 0 spiro atoms. The molecule has 102 valence electrons. The van der Waals surface area contributed by atoms with Crippen LogP contribution in [0.25, 0.3) is 0 Å². The average Bonchev–Trinajstić information content (AvgIpc) is 2.59. The van der Waals surface area contributed by atoms with Crippen molar-refractivity contribution in [3.63, 3.8) is 0 Å². The van der Waals surface area contributed by atoms with Gasteiger partial charge >= 0.3 is 6.03 Å². The molecule has 1 aliphatic heterocycles. The summed E-state index contributed by atoms with van der Waals surface area (Å²) in [4.78, 5) is 25.1. The summed E-state index contributed by atoms with van der Waals surface area (Å²) in [7, 11) is 1.44. The first-order valence-electron chi connectivity index (χ1n) is 5.58. The van der Waals surface area contributed by atoms with Gasteiger partial charge in [0, 0.05) is 12.6 Å². The number of carbonyl (C=O) groups is 2. The smallest absolute Gasteiger partial charge is 0.327 e. The number of rotatable bonds is 3. The minimum absolute atomic E-state index is 0.0861. The highest BCUT2D eigenvalue weighted by molar-refractivity contribution is 6.01. The standard InChI is InChI=1S/C12H12F2N2O3/c1-15-6-11(18)16(12(15)19)5-10(17)8-4-7(13)2-3-9(8)14/h2-4,10,17H,5-6H2,1H3/t10-/m0/s1. The molecule has 0 radical (unpaired) electrons. The Bertz CT molecular complexity index is 536. The highest BCUT2D eigenvalue weighted by atomic mass is 19.1. The van der Waals surface area contributed by atoms with Gasteiger partial charge in [-0.15, -0.1) is 0 Å². The maximum atomic E-state index is 13.4. The first-order valence-corrected chi connectivity index (χ1v) is 5.58. The fourth-order valence-electron chi connectivity index (χ4n) is 1.89. The summed E-state index contributed by atoms with van der Waals surface area (Å²) in [5, 5.41) is 9.84. The Kier molecular flexibility index (Phi) is 3.48. The number of benzene rings is 1. The van der Waals surface area contributed by atoms with Crippen LogP contribution < -0.4 is 0 Å². The van der Waals surface area contributed by atoms with Crippen LogP contribution in [0, 0.1) is 11.6 Å². The van der Waals surface area contributed by atoms with Gasteiger partial charge in [-0.05, 0) is 18.2 Å². The van der Waals surface area contributed by atoms with Crippen LogP contribution in [0.1, 0.15) is 11.7 Å². The van der Waals surface area contributed by atoms with E-state index in [-0.39, 0.29) is 12.1 Å². The molecule has 0 bridgehead atoms. The van der Waals surface area contributed by atoms with Crippen LogP contribution in [0.2, 0.25) is 0 Å². The van der Waals surface area contributed by atoms with Crippen molar-refractivity contribution in [2.75, 3.05) is 20.1 Å². The molecular weight excluding hydrogens is 258 g/mol. The zero-order chi connectivity index (χ0) is 14.2. The summed E-state index contributed by atoms with van der Waals surface area (Å²) in [6, 6.07) is 2.08. The largest absolute Gasteiger partial charge is 0.386 e. The highest BCUT2D eigenvalue weighted by Crippen LogP contribution is 2.21. The van der Waals surface area contributed by atoms with E-state index in [1.165, 1.54) is 11.9 Å². The number of urea groups is 1. The van der Waals surface area contributed by atoms with Crippen molar-refractivity contribution in [3.05, 3.63) is 35.4 Å². The number of β-amino-alcohol motifs (C(OH)–C–C–N with tert-alkyl or cyclic N) is 1. The Morgan fingerprint density at radius 2 is 2.05 bits per heavy atom. The Labute approximate surface area is 108 Å². The summed E-state index contributed by atoms with van der Waals surface area (Å²) < 4.78 is 26.4. The number of aliphatic hydroxyl groups is 1. The van der Waals surface area contributed by atoms with Crippen molar-refractivity contribution in [3.8, 4) is 0 Å². The Balaban J connectivity index is 2.17. The zero-order valence-corrected chi connectivity index (χ0v) is 10.1. The minimum atomic E-state index is -1.46. The molecule has 0 aliphatic carbocycles. The lowest BCUT2D eigenvalue weighted by atomic mass is 10.1. The molecule has 0 aromatic heterocycles. The maximum absolute atomic E-state index is 13.4. The molecule has 3 amide bonds. The second-order valence-electron chi connectivity index (χ2n) is 4.32. The zero-order valence-electron chi connectivity index (χ0n) is 10.1. The monoisotopic (exact) mass is 270 g/mol. The Hall–Kier alpha value is -2.02. The van der Waals surface area contributed by atoms with Gasteiger partial charge in [-0.1, -0.05) is 0 Å². The predicted molar refractivity (Wildman–Crippen MR) is 61.1 cm³/mol. The van der Waals surface area contributed by atoms with Crippen LogP contribution >= 0.6 is 0 Å². The van der Waals surface area contributed by atoms with Gasteiger partial charge in [0.25, 0.3) is 0 Å². The number of hydrogen-bond donors (Lipinski definition) is 1. The van der Waals surface area contributed by atoms with Crippen molar-refractivity contribution in [1.29, 1.82) is 0 Å². The number of nitrogens with zero attached hydrogens (tertiary/aromatic N) is 2. The van der Waals surface area contributed by atoms with Gasteiger partial charge in [-0.25, -0.2) is 13.6 Å². The van der Waals surface area contributed by atoms with Crippen molar-refractivity contribution in [1.82, 2.24) is 9.80 Å². The van der Waals surface area contributed by atoms with Gasteiger partial charge < -0.3 is 10.0 Å². The van der Waals surface area contributed by atoms with E-state index in [0.29, 0.717) is 0 Å². The first kappa shape index (κ1) is 13.4.